The molecule has 4 heteroatoms. The van der Waals surface area contributed by atoms with E-state index in [0.717, 1.165) is 37.4 Å². The van der Waals surface area contributed by atoms with Crippen LogP contribution in [0.1, 0.15) is 54.4 Å². The smallest absolute Gasteiger partial charge is 0.132 e. The summed E-state index contributed by atoms with van der Waals surface area (Å²) in [5.74, 6) is 1.70. The molecule has 0 spiro atoms. The lowest BCUT2D eigenvalue weighted by Crippen LogP contribution is -2.39. The molecule has 4 rings (SSSR count). The van der Waals surface area contributed by atoms with Gasteiger partial charge >= 0.3 is 0 Å². The van der Waals surface area contributed by atoms with Gasteiger partial charge in [-0.05, 0) is 58.2 Å². The fourth-order valence-corrected chi connectivity index (χ4v) is 4.38. The Morgan fingerprint density at radius 3 is 2.65 bits per heavy atom. The summed E-state index contributed by atoms with van der Waals surface area (Å²) in [4.78, 5) is 12.4. The van der Waals surface area contributed by atoms with Gasteiger partial charge < -0.3 is 10.2 Å². The molecule has 0 aliphatic carbocycles. The Kier molecular flexibility index (Phi) is 3.04. The zero-order chi connectivity index (χ0) is 13.7. The third-order valence-electron chi connectivity index (χ3n) is 5.62. The van der Waals surface area contributed by atoms with Crippen LogP contribution in [0.5, 0.6) is 0 Å². The summed E-state index contributed by atoms with van der Waals surface area (Å²) in [7, 11) is 2.29. The Bertz CT molecular complexity index is 513. The van der Waals surface area contributed by atoms with Crippen LogP contribution in [0.25, 0.3) is 0 Å². The molecule has 1 aromatic rings. The number of aromatic nitrogens is 2. The van der Waals surface area contributed by atoms with E-state index in [-0.39, 0.29) is 0 Å². The highest BCUT2D eigenvalue weighted by atomic mass is 15.2. The maximum absolute atomic E-state index is 4.93. The molecule has 3 aliphatic rings. The lowest BCUT2D eigenvalue weighted by molar-refractivity contribution is 0.158. The maximum Gasteiger partial charge on any atom is 0.132 e. The summed E-state index contributed by atoms with van der Waals surface area (Å²) in [5.41, 5.74) is 3.87. The molecule has 0 radical (unpaired) electrons. The highest BCUT2D eigenvalue weighted by Crippen LogP contribution is 2.41. The molecule has 2 bridgehead atoms. The van der Waals surface area contributed by atoms with E-state index < -0.39 is 0 Å². The molecule has 108 valence electrons. The maximum atomic E-state index is 4.93. The fourth-order valence-electron chi connectivity index (χ4n) is 4.38. The van der Waals surface area contributed by atoms with Crippen LogP contribution < -0.4 is 5.32 Å². The predicted molar refractivity (Wildman–Crippen MR) is 78.7 cm³/mol. The minimum absolute atomic E-state index is 0.578. The van der Waals surface area contributed by atoms with E-state index in [1.54, 1.807) is 0 Å². The summed E-state index contributed by atoms with van der Waals surface area (Å²) < 4.78 is 0. The first kappa shape index (κ1) is 12.7. The van der Waals surface area contributed by atoms with Gasteiger partial charge in [0.05, 0.1) is 5.69 Å². The van der Waals surface area contributed by atoms with Crippen LogP contribution in [0.2, 0.25) is 0 Å². The standard InChI is InChI=1S/C16H24N4/c1-10-14-5-6-17-9-15(14)19-16(18-10)11-7-12-3-4-13(8-11)20(12)2/h11-13,17H,3-9H2,1-2H3. The van der Waals surface area contributed by atoms with Crippen molar-refractivity contribution in [2.75, 3.05) is 13.6 Å². The molecular weight excluding hydrogens is 248 g/mol. The van der Waals surface area contributed by atoms with Crippen molar-refractivity contribution < 1.29 is 0 Å². The van der Waals surface area contributed by atoms with E-state index in [9.17, 15) is 0 Å². The first-order valence-corrected chi connectivity index (χ1v) is 8.01. The van der Waals surface area contributed by atoms with Crippen LogP contribution >= 0.6 is 0 Å². The monoisotopic (exact) mass is 272 g/mol. The van der Waals surface area contributed by atoms with Gasteiger partial charge in [0.25, 0.3) is 0 Å². The Morgan fingerprint density at radius 2 is 1.90 bits per heavy atom. The average molecular weight is 272 g/mol. The zero-order valence-electron chi connectivity index (χ0n) is 12.5. The van der Waals surface area contributed by atoms with Gasteiger partial charge in [-0.2, -0.15) is 0 Å². The second kappa shape index (κ2) is 4.78. The number of hydrogen-bond acceptors (Lipinski definition) is 4. The predicted octanol–water partition coefficient (Wildman–Crippen LogP) is 1.77. The molecule has 2 fully saturated rings. The number of rotatable bonds is 1. The van der Waals surface area contributed by atoms with Crippen molar-refractivity contribution in [2.24, 2.45) is 0 Å². The van der Waals surface area contributed by atoms with Crippen LogP contribution in [0.3, 0.4) is 0 Å². The number of piperidine rings is 1. The molecule has 2 atom stereocenters. The quantitative estimate of drug-likeness (QED) is 0.846. The summed E-state index contributed by atoms with van der Waals surface area (Å²) >= 11 is 0. The zero-order valence-corrected chi connectivity index (χ0v) is 12.5. The van der Waals surface area contributed by atoms with Crippen molar-refractivity contribution in [1.29, 1.82) is 0 Å². The molecule has 4 heterocycles. The molecule has 0 aromatic carbocycles. The number of fused-ring (bicyclic) bond motifs is 3. The van der Waals surface area contributed by atoms with E-state index in [1.165, 1.54) is 42.6 Å². The minimum atomic E-state index is 0.578. The van der Waals surface area contributed by atoms with E-state index in [0.29, 0.717) is 5.92 Å². The van der Waals surface area contributed by atoms with Gasteiger partial charge in [0.15, 0.2) is 0 Å². The molecular formula is C16H24N4. The second-order valence-electron chi connectivity index (χ2n) is 6.74. The van der Waals surface area contributed by atoms with Gasteiger partial charge in [0.2, 0.25) is 0 Å². The van der Waals surface area contributed by atoms with Crippen molar-refractivity contribution in [3.8, 4) is 0 Å². The van der Waals surface area contributed by atoms with Crippen molar-refractivity contribution >= 4 is 0 Å². The summed E-state index contributed by atoms with van der Waals surface area (Å²) in [6.45, 7) is 4.15. The highest BCUT2D eigenvalue weighted by molar-refractivity contribution is 5.28. The van der Waals surface area contributed by atoms with Crippen molar-refractivity contribution in [3.05, 3.63) is 22.8 Å². The highest BCUT2D eigenvalue weighted by Gasteiger charge is 2.40. The van der Waals surface area contributed by atoms with Crippen molar-refractivity contribution in [2.45, 2.75) is 63.6 Å². The van der Waals surface area contributed by atoms with Crippen molar-refractivity contribution in [1.82, 2.24) is 20.2 Å². The van der Waals surface area contributed by atoms with Crippen LogP contribution in [-0.2, 0) is 13.0 Å². The summed E-state index contributed by atoms with van der Waals surface area (Å²) in [5, 5.41) is 3.44. The molecule has 4 nitrogen and oxygen atoms in total. The summed E-state index contributed by atoms with van der Waals surface area (Å²) in [6, 6.07) is 1.52. The number of aryl methyl sites for hydroxylation is 1. The van der Waals surface area contributed by atoms with Crippen LogP contribution in [0.15, 0.2) is 0 Å². The fraction of sp³-hybridized carbons (Fsp3) is 0.750. The number of hydrogen-bond donors (Lipinski definition) is 1. The van der Waals surface area contributed by atoms with E-state index in [4.69, 9.17) is 9.97 Å². The largest absolute Gasteiger partial charge is 0.311 e. The molecule has 0 saturated carbocycles. The third-order valence-corrected chi connectivity index (χ3v) is 5.62. The van der Waals surface area contributed by atoms with Gasteiger partial charge in [-0.25, -0.2) is 9.97 Å². The Labute approximate surface area is 121 Å². The van der Waals surface area contributed by atoms with Crippen LogP contribution in [0.4, 0.5) is 0 Å². The van der Waals surface area contributed by atoms with Gasteiger partial charge in [0.1, 0.15) is 5.82 Å². The Hall–Kier alpha value is -1.00. The second-order valence-corrected chi connectivity index (χ2v) is 6.74. The van der Waals surface area contributed by atoms with Gasteiger partial charge in [-0.3, -0.25) is 0 Å². The van der Waals surface area contributed by atoms with E-state index in [2.05, 4.69) is 24.2 Å². The molecule has 20 heavy (non-hydrogen) atoms. The normalized spacial score (nSPS) is 33.2. The van der Waals surface area contributed by atoms with E-state index >= 15 is 0 Å². The number of nitrogens with zero attached hydrogens (tertiary/aromatic N) is 3. The molecule has 2 unspecified atom stereocenters. The number of nitrogens with one attached hydrogen (secondary N) is 1. The molecule has 1 N–H and O–H groups in total. The van der Waals surface area contributed by atoms with Gasteiger partial charge in [-0.15, -0.1) is 0 Å². The Balaban J connectivity index is 1.64. The molecule has 1 aromatic heterocycles. The Morgan fingerprint density at radius 1 is 1.15 bits per heavy atom. The van der Waals surface area contributed by atoms with Crippen LogP contribution in [-0.4, -0.2) is 40.5 Å². The lowest BCUT2D eigenvalue weighted by atomic mass is 9.90. The van der Waals surface area contributed by atoms with Gasteiger partial charge in [0, 0.05) is 30.2 Å². The molecule has 0 amide bonds. The van der Waals surface area contributed by atoms with Crippen molar-refractivity contribution in [3.63, 3.8) is 0 Å². The summed E-state index contributed by atoms with van der Waals surface area (Å²) in [6.07, 6.45) is 6.31. The molecule has 2 saturated heterocycles. The SMILES string of the molecule is Cc1nc(C2CC3CCC(C2)N3C)nc2c1CCNC2. The van der Waals surface area contributed by atoms with Crippen LogP contribution in [0, 0.1) is 6.92 Å². The van der Waals surface area contributed by atoms with E-state index in [1.807, 2.05) is 0 Å². The topological polar surface area (TPSA) is 41.1 Å². The molecule has 3 aliphatic heterocycles. The van der Waals surface area contributed by atoms with Gasteiger partial charge in [-0.1, -0.05) is 0 Å². The first-order chi connectivity index (χ1) is 9.72. The minimum Gasteiger partial charge on any atom is -0.311 e. The lowest BCUT2D eigenvalue weighted by Gasteiger charge is -2.36. The average Bonchev–Trinajstić information content (AvgIpc) is 2.68. The first-order valence-electron chi connectivity index (χ1n) is 8.01. The third kappa shape index (κ3) is 1.97.